The van der Waals surface area contributed by atoms with Crippen molar-refractivity contribution in [3.05, 3.63) is 0 Å². The molecule has 1 unspecified atom stereocenters. The van der Waals surface area contributed by atoms with Crippen LogP contribution in [-0.2, 0) is 0 Å². The molecule has 0 saturated heterocycles. The van der Waals surface area contributed by atoms with Crippen molar-refractivity contribution >= 4 is 0 Å². The van der Waals surface area contributed by atoms with Crippen LogP contribution in [-0.4, -0.2) is 0 Å². The largest absolute Gasteiger partial charge is 0.198 e. The summed E-state index contributed by atoms with van der Waals surface area (Å²) in [5, 5.41) is 8.48. The van der Waals surface area contributed by atoms with E-state index in [-0.39, 0.29) is 5.92 Å². The lowest BCUT2D eigenvalue weighted by molar-refractivity contribution is 0.455. The second-order valence-corrected chi connectivity index (χ2v) is 3.54. The highest BCUT2D eigenvalue weighted by Crippen LogP contribution is 2.49. The van der Waals surface area contributed by atoms with Crippen LogP contribution in [0.4, 0.5) is 0 Å². The molecule has 1 rings (SSSR count). The first-order valence-corrected chi connectivity index (χ1v) is 3.56. The van der Waals surface area contributed by atoms with E-state index in [4.69, 9.17) is 5.26 Å². The van der Waals surface area contributed by atoms with E-state index in [0.717, 1.165) is 6.42 Å². The molecule has 0 N–H and O–H groups in total. The summed E-state index contributed by atoms with van der Waals surface area (Å²) in [5.74, 6) is 0.262. The molecule has 9 heavy (non-hydrogen) atoms. The molecule has 0 amide bonds. The summed E-state index contributed by atoms with van der Waals surface area (Å²) in [4.78, 5) is 0. The number of hydrogen-bond acceptors (Lipinski definition) is 1. The van der Waals surface area contributed by atoms with Gasteiger partial charge < -0.3 is 0 Å². The van der Waals surface area contributed by atoms with Crippen molar-refractivity contribution in [1.82, 2.24) is 0 Å². The molecule has 0 aromatic heterocycles. The topological polar surface area (TPSA) is 23.8 Å². The van der Waals surface area contributed by atoms with Crippen LogP contribution in [0.15, 0.2) is 0 Å². The number of hydrogen-bond donors (Lipinski definition) is 0. The van der Waals surface area contributed by atoms with E-state index in [0.29, 0.717) is 5.41 Å². The van der Waals surface area contributed by atoms with Crippen LogP contribution < -0.4 is 0 Å². The van der Waals surface area contributed by atoms with E-state index in [1.165, 1.54) is 12.8 Å². The Balaban J connectivity index is 2.27. The van der Waals surface area contributed by atoms with E-state index >= 15 is 0 Å². The van der Waals surface area contributed by atoms with Crippen LogP contribution in [0.5, 0.6) is 0 Å². The van der Waals surface area contributed by atoms with Gasteiger partial charge in [0.25, 0.3) is 0 Å². The fourth-order valence-electron chi connectivity index (χ4n) is 1.20. The SMILES string of the molecule is CC(C#N)CC1(C)CC1. The van der Waals surface area contributed by atoms with Gasteiger partial charge in [0.05, 0.1) is 6.07 Å². The predicted molar refractivity (Wildman–Crippen MR) is 36.7 cm³/mol. The monoisotopic (exact) mass is 123 g/mol. The highest BCUT2D eigenvalue weighted by molar-refractivity contribution is 4.94. The summed E-state index contributed by atoms with van der Waals surface area (Å²) >= 11 is 0. The first-order chi connectivity index (χ1) is 4.16. The van der Waals surface area contributed by atoms with E-state index in [2.05, 4.69) is 13.0 Å². The Bertz CT molecular complexity index is 139. The van der Waals surface area contributed by atoms with Crippen molar-refractivity contribution in [1.29, 1.82) is 5.26 Å². The van der Waals surface area contributed by atoms with E-state index in [1.54, 1.807) is 0 Å². The molecule has 1 fully saturated rings. The van der Waals surface area contributed by atoms with Gasteiger partial charge in [-0.15, -0.1) is 0 Å². The molecule has 0 spiro atoms. The van der Waals surface area contributed by atoms with Gasteiger partial charge in [-0.25, -0.2) is 0 Å². The van der Waals surface area contributed by atoms with Crippen LogP contribution in [0, 0.1) is 22.7 Å². The Hall–Kier alpha value is -0.510. The summed E-state index contributed by atoms with van der Waals surface area (Å²) in [5.41, 5.74) is 0.551. The van der Waals surface area contributed by atoms with Gasteiger partial charge in [0.15, 0.2) is 0 Å². The summed E-state index contributed by atoms with van der Waals surface area (Å²) in [6, 6.07) is 2.26. The summed E-state index contributed by atoms with van der Waals surface area (Å²) < 4.78 is 0. The van der Waals surface area contributed by atoms with Gasteiger partial charge in [-0.05, 0) is 31.6 Å². The molecule has 1 saturated carbocycles. The van der Waals surface area contributed by atoms with Crippen LogP contribution in [0.2, 0.25) is 0 Å². The van der Waals surface area contributed by atoms with E-state index in [9.17, 15) is 0 Å². The minimum absolute atomic E-state index is 0.262. The summed E-state index contributed by atoms with van der Waals surface area (Å²) in [6.07, 6.45) is 3.77. The molecule has 0 bridgehead atoms. The fourth-order valence-corrected chi connectivity index (χ4v) is 1.20. The average Bonchev–Trinajstić information content (AvgIpc) is 2.48. The lowest BCUT2D eigenvalue weighted by atomic mass is 9.96. The van der Waals surface area contributed by atoms with Crippen molar-refractivity contribution in [3.8, 4) is 6.07 Å². The molecule has 0 radical (unpaired) electrons. The van der Waals surface area contributed by atoms with Crippen molar-refractivity contribution in [2.24, 2.45) is 11.3 Å². The maximum absolute atomic E-state index is 8.48. The number of rotatable bonds is 2. The normalized spacial score (nSPS) is 24.6. The summed E-state index contributed by atoms with van der Waals surface area (Å²) in [7, 11) is 0. The van der Waals surface area contributed by atoms with Crippen LogP contribution in [0.1, 0.15) is 33.1 Å². The molecule has 50 valence electrons. The third-order valence-corrected chi connectivity index (χ3v) is 2.12. The lowest BCUT2D eigenvalue weighted by Crippen LogP contribution is -1.99. The quantitative estimate of drug-likeness (QED) is 0.553. The van der Waals surface area contributed by atoms with Gasteiger partial charge in [-0.3, -0.25) is 0 Å². The highest BCUT2D eigenvalue weighted by Gasteiger charge is 2.37. The van der Waals surface area contributed by atoms with E-state index < -0.39 is 0 Å². The molecule has 1 aliphatic rings. The third kappa shape index (κ3) is 1.71. The molecule has 0 aromatic carbocycles. The molecule has 0 aliphatic heterocycles. The Kier molecular flexibility index (Phi) is 1.48. The minimum atomic E-state index is 0.262. The molecule has 1 nitrogen and oxygen atoms in total. The maximum atomic E-state index is 8.48. The lowest BCUT2D eigenvalue weighted by Gasteiger charge is -2.07. The fraction of sp³-hybridized carbons (Fsp3) is 0.875. The Morgan fingerprint density at radius 3 is 2.56 bits per heavy atom. The van der Waals surface area contributed by atoms with Gasteiger partial charge >= 0.3 is 0 Å². The molecule has 0 aromatic rings. The molecule has 1 atom stereocenters. The molecular formula is C8H13N. The zero-order valence-corrected chi connectivity index (χ0v) is 6.15. The molecule has 0 heterocycles. The van der Waals surface area contributed by atoms with Crippen LogP contribution in [0.25, 0.3) is 0 Å². The zero-order chi connectivity index (χ0) is 6.91. The molecular weight excluding hydrogens is 110 g/mol. The first kappa shape index (κ1) is 6.61. The Morgan fingerprint density at radius 1 is 1.67 bits per heavy atom. The molecule has 1 heteroatoms. The predicted octanol–water partition coefficient (Wildman–Crippen LogP) is 2.34. The second kappa shape index (κ2) is 2.02. The van der Waals surface area contributed by atoms with Gasteiger partial charge in [0.1, 0.15) is 0 Å². The number of nitrogens with zero attached hydrogens (tertiary/aromatic N) is 1. The maximum Gasteiger partial charge on any atom is 0.0653 e. The highest BCUT2D eigenvalue weighted by atomic mass is 14.4. The summed E-state index contributed by atoms with van der Waals surface area (Å²) in [6.45, 7) is 4.27. The van der Waals surface area contributed by atoms with Gasteiger partial charge in [0.2, 0.25) is 0 Å². The zero-order valence-electron chi connectivity index (χ0n) is 6.15. The van der Waals surface area contributed by atoms with Crippen molar-refractivity contribution in [3.63, 3.8) is 0 Å². The van der Waals surface area contributed by atoms with E-state index in [1.807, 2.05) is 6.92 Å². The van der Waals surface area contributed by atoms with Crippen LogP contribution in [0.3, 0.4) is 0 Å². The second-order valence-electron chi connectivity index (χ2n) is 3.54. The van der Waals surface area contributed by atoms with Crippen molar-refractivity contribution in [2.45, 2.75) is 33.1 Å². The minimum Gasteiger partial charge on any atom is -0.198 e. The molecule has 1 aliphatic carbocycles. The van der Waals surface area contributed by atoms with Gasteiger partial charge in [0, 0.05) is 5.92 Å². The standard InChI is InChI=1S/C8H13N/c1-7(6-9)5-8(2)3-4-8/h7H,3-5H2,1-2H3. The van der Waals surface area contributed by atoms with Gasteiger partial charge in [-0.2, -0.15) is 5.26 Å². The Labute approximate surface area is 56.7 Å². The smallest absolute Gasteiger partial charge is 0.0653 e. The Morgan fingerprint density at radius 2 is 2.22 bits per heavy atom. The number of nitriles is 1. The average molecular weight is 123 g/mol. The van der Waals surface area contributed by atoms with Crippen LogP contribution >= 0.6 is 0 Å². The van der Waals surface area contributed by atoms with Gasteiger partial charge in [-0.1, -0.05) is 6.92 Å². The first-order valence-electron chi connectivity index (χ1n) is 3.56. The van der Waals surface area contributed by atoms with Crippen molar-refractivity contribution in [2.75, 3.05) is 0 Å². The third-order valence-electron chi connectivity index (χ3n) is 2.12. The van der Waals surface area contributed by atoms with Crippen molar-refractivity contribution < 1.29 is 0 Å².